The van der Waals surface area contributed by atoms with E-state index in [0.29, 0.717) is 28.4 Å². The van der Waals surface area contributed by atoms with Crippen LogP contribution in [0, 0.1) is 11.6 Å². The number of carbonyl (C=O) groups is 2. The molecule has 0 saturated carbocycles. The van der Waals surface area contributed by atoms with Gasteiger partial charge in [-0.1, -0.05) is 11.8 Å². The fourth-order valence-corrected chi connectivity index (χ4v) is 4.63. The number of thioether (sulfide) groups is 1. The molecule has 0 unspecified atom stereocenters. The number of rotatable bonds is 7. The minimum atomic E-state index is -0.868. The van der Waals surface area contributed by atoms with Crippen LogP contribution in [0.25, 0.3) is 10.2 Å². The van der Waals surface area contributed by atoms with Crippen LogP contribution in [0.3, 0.4) is 0 Å². The highest BCUT2D eigenvalue weighted by Gasteiger charge is 2.11. The highest BCUT2D eigenvalue weighted by Crippen LogP contribution is 2.31. The molecule has 2 aromatic carbocycles. The summed E-state index contributed by atoms with van der Waals surface area (Å²) in [5.74, 6) is -0.856. The number of nitrogens with zero attached hydrogens (tertiary/aromatic N) is 1. The molecule has 0 bridgehead atoms. The summed E-state index contributed by atoms with van der Waals surface area (Å²) in [5.41, 5.74) is 1.07. The Hall–Kier alpha value is -3.44. The third-order valence-corrected chi connectivity index (χ3v) is 6.33. The van der Waals surface area contributed by atoms with E-state index in [2.05, 4.69) is 20.9 Å². The summed E-state index contributed by atoms with van der Waals surface area (Å²) < 4.78 is 33.4. The van der Waals surface area contributed by atoms with Gasteiger partial charge in [-0.05, 0) is 42.5 Å². The van der Waals surface area contributed by atoms with E-state index in [9.17, 15) is 18.4 Å². The number of hydrogen-bond acceptors (Lipinski definition) is 6. The molecule has 2 aromatic heterocycles. The van der Waals surface area contributed by atoms with Crippen LogP contribution >= 0.6 is 23.1 Å². The highest BCUT2D eigenvalue weighted by molar-refractivity contribution is 8.01. The number of furan rings is 1. The molecular formula is C21H16F2N4O3S2. The fourth-order valence-electron chi connectivity index (χ4n) is 2.70. The number of hydrogen-bond donors (Lipinski definition) is 3. The lowest BCUT2D eigenvalue weighted by Gasteiger charge is -2.08. The Morgan fingerprint density at radius 3 is 2.75 bits per heavy atom. The molecule has 0 atom stereocenters. The Morgan fingerprint density at radius 2 is 1.97 bits per heavy atom. The molecule has 2 heterocycles. The van der Waals surface area contributed by atoms with Gasteiger partial charge in [0.2, 0.25) is 5.91 Å². The van der Waals surface area contributed by atoms with E-state index < -0.39 is 17.7 Å². The molecule has 0 spiro atoms. The molecule has 0 aliphatic carbocycles. The number of thiazole rings is 1. The third kappa shape index (κ3) is 5.62. The first kappa shape index (κ1) is 21.8. The minimum absolute atomic E-state index is 0.133. The minimum Gasteiger partial charge on any atom is -0.467 e. The number of aromatic nitrogens is 1. The van der Waals surface area contributed by atoms with Crippen LogP contribution in [0.15, 0.2) is 63.6 Å². The molecule has 4 rings (SSSR count). The number of amides is 3. The Bertz CT molecular complexity index is 1260. The van der Waals surface area contributed by atoms with Crippen LogP contribution < -0.4 is 16.0 Å². The average molecular weight is 475 g/mol. The van der Waals surface area contributed by atoms with Crippen molar-refractivity contribution < 1.29 is 22.8 Å². The van der Waals surface area contributed by atoms with Crippen molar-refractivity contribution >= 4 is 56.6 Å². The maximum absolute atomic E-state index is 13.7. The summed E-state index contributed by atoms with van der Waals surface area (Å²) in [7, 11) is 0. The molecule has 7 nitrogen and oxygen atoms in total. The number of benzene rings is 2. The quantitative estimate of drug-likeness (QED) is 0.319. The summed E-state index contributed by atoms with van der Waals surface area (Å²) in [5, 5.41) is 7.71. The molecule has 164 valence electrons. The highest BCUT2D eigenvalue weighted by atomic mass is 32.2. The number of urea groups is 1. The standard InChI is InChI=1S/C21H16F2N4O3S2/c22-12-3-5-16(15(23)8-12)26-20(29)25-13-4-6-17-18(9-13)32-21(27-17)31-11-19(28)24-10-14-2-1-7-30-14/h1-9H,10-11H2,(H,24,28)(H2,25,26,29). The molecule has 0 radical (unpaired) electrons. The van der Waals surface area contributed by atoms with Crippen molar-refractivity contribution in [3.63, 3.8) is 0 Å². The molecule has 32 heavy (non-hydrogen) atoms. The molecule has 0 aliphatic heterocycles. The third-order valence-electron chi connectivity index (χ3n) is 4.17. The SMILES string of the molecule is O=C(CSc1nc2ccc(NC(=O)Nc3ccc(F)cc3F)cc2s1)NCc1ccco1. The lowest BCUT2D eigenvalue weighted by molar-refractivity contribution is -0.118. The molecular weight excluding hydrogens is 458 g/mol. The number of carbonyl (C=O) groups excluding carboxylic acids is 2. The van der Waals surface area contributed by atoms with Gasteiger partial charge in [0.15, 0.2) is 4.34 Å². The first-order valence-corrected chi connectivity index (χ1v) is 11.1. The maximum Gasteiger partial charge on any atom is 0.323 e. The number of halogens is 2. The summed E-state index contributed by atoms with van der Waals surface area (Å²) in [6.07, 6.45) is 1.55. The monoisotopic (exact) mass is 474 g/mol. The zero-order chi connectivity index (χ0) is 22.5. The lowest BCUT2D eigenvalue weighted by Crippen LogP contribution is -2.24. The van der Waals surface area contributed by atoms with Crippen LogP contribution in [-0.4, -0.2) is 22.7 Å². The fraction of sp³-hybridized carbons (Fsp3) is 0.0952. The second-order valence-electron chi connectivity index (χ2n) is 6.51. The van der Waals surface area contributed by atoms with Gasteiger partial charge in [-0.2, -0.15) is 0 Å². The van der Waals surface area contributed by atoms with Gasteiger partial charge in [-0.25, -0.2) is 18.6 Å². The normalized spacial score (nSPS) is 10.8. The van der Waals surface area contributed by atoms with Crippen LogP contribution in [0.4, 0.5) is 25.0 Å². The van der Waals surface area contributed by atoms with Crippen molar-refractivity contribution in [2.24, 2.45) is 0 Å². The van der Waals surface area contributed by atoms with Gasteiger partial charge >= 0.3 is 6.03 Å². The largest absolute Gasteiger partial charge is 0.467 e. The second kappa shape index (κ2) is 9.79. The van der Waals surface area contributed by atoms with Crippen molar-refractivity contribution in [1.82, 2.24) is 10.3 Å². The van der Waals surface area contributed by atoms with Gasteiger partial charge in [0.1, 0.15) is 17.4 Å². The molecule has 4 aromatic rings. The van der Waals surface area contributed by atoms with Crippen molar-refractivity contribution in [1.29, 1.82) is 0 Å². The average Bonchev–Trinajstić information content (AvgIpc) is 3.42. The van der Waals surface area contributed by atoms with E-state index in [1.54, 1.807) is 36.6 Å². The van der Waals surface area contributed by atoms with E-state index in [4.69, 9.17) is 4.42 Å². The van der Waals surface area contributed by atoms with Gasteiger partial charge in [-0.3, -0.25) is 4.79 Å². The number of anilines is 2. The molecule has 0 saturated heterocycles. The Labute approximate surface area is 189 Å². The second-order valence-corrected chi connectivity index (χ2v) is 8.76. The zero-order valence-corrected chi connectivity index (χ0v) is 18.0. The summed E-state index contributed by atoms with van der Waals surface area (Å²) in [6.45, 7) is 0.325. The number of fused-ring (bicyclic) bond motifs is 1. The van der Waals surface area contributed by atoms with Crippen molar-refractivity contribution in [3.05, 3.63) is 72.2 Å². The smallest absolute Gasteiger partial charge is 0.323 e. The van der Waals surface area contributed by atoms with E-state index >= 15 is 0 Å². The molecule has 3 N–H and O–H groups in total. The molecule has 0 fully saturated rings. The van der Waals surface area contributed by atoms with Crippen LogP contribution in [0.2, 0.25) is 0 Å². The van der Waals surface area contributed by atoms with Crippen LogP contribution in [0.1, 0.15) is 5.76 Å². The van der Waals surface area contributed by atoms with Gasteiger partial charge in [-0.15, -0.1) is 11.3 Å². The maximum atomic E-state index is 13.7. The van der Waals surface area contributed by atoms with Gasteiger partial charge in [0.25, 0.3) is 0 Å². The summed E-state index contributed by atoms with van der Waals surface area (Å²) in [6, 6.07) is 10.9. The lowest BCUT2D eigenvalue weighted by atomic mass is 10.3. The van der Waals surface area contributed by atoms with Gasteiger partial charge in [0.05, 0.1) is 34.5 Å². The van der Waals surface area contributed by atoms with E-state index in [0.717, 1.165) is 22.3 Å². The summed E-state index contributed by atoms with van der Waals surface area (Å²) in [4.78, 5) is 28.6. The molecule has 11 heteroatoms. The predicted molar refractivity (Wildman–Crippen MR) is 120 cm³/mol. The topological polar surface area (TPSA) is 96.3 Å². The zero-order valence-electron chi connectivity index (χ0n) is 16.4. The Kier molecular flexibility index (Phi) is 6.66. The van der Waals surface area contributed by atoms with Crippen LogP contribution in [-0.2, 0) is 11.3 Å². The summed E-state index contributed by atoms with van der Waals surface area (Å²) >= 11 is 2.69. The van der Waals surface area contributed by atoms with Crippen molar-refractivity contribution in [2.45, 2.75) is 10.9 Å². The first-order chi connectivity index (χ1) is 15.5. The predicted octanol–water partition coefficient (Wildman–Crippen LogP) is 5.22. The first-order valence-electron chi connectivity index (χ1n) is 9.32. The van der Waals surface area contributed by atoms with Crippen molar-refractivity contribution in [2.75, 3.05) is 16.4 Å². The Balaban J connectivity index is 1.33. The van der Waals surface area contributed by atoms with E-state index in [1.807, 2.05) is 0 Å². The molecule has 3 amide bonds. The van der Waals surface area contributed by atoms with Crippen molar-refractivity contribution in [3.8, 4) is 0 Å². The van der Waals surface area contributed by atoms with E-state index in [-0.39, 0.29) is 17.3 Å². The number of nitrogens with one attached hydrogen (secondary N) is 3. The van der Waals surface area contributed by atoms with E-state index in [1.165, 1.54) is 23.1 Å². The molecule has 0 aliphatic rings. The van der Waals surface area contributed by atoms with Gasteiger partial charge < -0.3 is 20.4 Å². The van der Waals surface area contributed by atoms with Crippen LogP contribution in [0.5, 0.6) is 0 Å². The van der Waals surface area contributed by atoms with Gasteiger partial charge in [0, 0.05) is 11.8 Å². The Morgan fingerprint density at radius 1 is 1.09 bits per heavy atom.